The first kappa shape index (κ1) is 32.3. The van der Waals surface area contributed by atoms with Crippen molar-refractivity contribution < 1.29 is 22.4 Å². The molecule has 3 rings (SSSR count). The quantitative estimate of drug-likeness (QED) is 0.311. The number of carbonyl (C=O) groups is 2. The molecule has 220 valence electrons. The molecule has 0 unspecified atom stereocenters. The van der Waals surface area contributed by atoms with Gasteiger partial charge in [-0.1, -0.05) is 71.7 Å². The maximum absolute atomic E-state index is 14.9. The van der Waals surface area contributed by atoms with E-state index in [1.165, 1.54) is 37.2 Å². The highest BCUT2D eigenvalue weighted by atomic mass is 35.5. The number of benzene rings is 3. The molecular weight excluding hydrogens is 590 g/mol. The third kappa shape index (κ3) is 8.19. The van der Waals surface area contributed by atoms with Gasteiger partial charge in [0.2, 0.25) is 11.8 Å². The Kier molecular flexibility index (Phi) is 11.1. The molecule has 0 aliphatic carbocycles. The van der Waals surface area contributed by atoms with Crippen LogP contribution in [0.2, 0.25) is 10.0 Å². The lowest BCUT2D eigenvalue weighted by atomic mass is 10.0. The summed E-state index contributed by atoms with van der Waals surface area (Å²) in [4.78, 5) is 29.0. The fraction of sp³-hybridized carbons (Fsp3) is 0.310. The molecule has 3 aromatic carbocycles. The summed E-state index contributed by atoms with van der Waals surface area (Å²) in [6, 6.07) is 17.9. The van der Waals surface area contributed by atoms with Crippen LogP contribution in [0.4, 0.5) is 10.1 Å². The van der Waals surface area contributed by atoms with Crippen molar-refractivity contribution in [1.29, 1.82) is 0 Å². The molecule has 0 saturated heterocycles. The molecule has 0 fully saturated rings. The van der Waals surface area contributed by atoms with E-state index in [9.17, 15) is 22.4 Å². The standard InChI is InChI=1S/C29H33Cl2FN4O4S/c1-20(2)33-29(38)27(17-21-11-6-5-7-12-21)35(18-22-23(30)13-10-14-24(22)31)28(37)19-36(41(39,40)34(3)4)26-16-9-8-15-25(26)32/h5-16,20,27H,17-19H2,1-4H3,(H,33,38)/t27-/m0/s1. The monoisotopic (exact) mass is 622 g/mol. The number of hydrogen-bond donors (Lipinski definition) is 1. The van der Waals surface area contributed by atoms with Crippen LogP contribution in [0.3, 0.4) is 0 Å². The van der Waals surface area contributed by atoms with Gasteiger partial charge in [0, 0.05) is 48.7 Å². The first-order valence-corrected chi connectivity index (χ1v) is 15.0. The minimum Gasteiger partial charge on any atom is -0.352 e. The number of nitrogens with one attached hydrogen (secondary N) is 1. The number of hydrogen-bond acceptors (Lipinski definition) is 4. The molecule has 0 heterocycles. The zero-order valence-electron chi connectivity index (χ0n) is 23.2. The maximum Gasteiger partial charge on any atom is 0.304 e. The Hall–Kier alpha value is -3.18. The Morgan fingerprint density at radius 3 is 2.05 bits per heavy atom. The van der Waals surface area contributed by atoms with Crippen LogP contribution in [-0.2, 0) is 32.8 Å². The molecule has 41 heavy (non-hydrogen) atoms. The topological polar surface area (TPSA) is 90.0 Å². The second-order valence-electron chi connectivity index (χ2n) is 9.84. The van der Waals surface area contributed by atoms with Gasteiger partial charge in [0.05, 0.1) is 5.69 Å². The van der Waals surface area contributed by atoms with Crippen molar-refractivity contribution >= 4 is 50.9 Å². The van der Waals surface area contributed by atoms with Crippen LogP contribution in [0.15, 0.2) is 72.8 Å². The summed E-state index contributed by atoms with van der Waals surface area (Å²) in [5.41, 5.74) is 0.843. The zero-order valence-corrected chi connectivity index (χ0v) is 25.5. The van der Waals surface area contributed by atoms with Crippen LogP contribution in [-0.4, -0.2) is 62.2 Å². The largest absolute Gasteiger partial charge is 0.352 e. The summed E-state index contributed by atoms with van der Waals surface area (Å²) in [5.74, 6) is -2.03. The molecule has 0 aromatic heterocycles. The summed E-state index contributed by atoms with van der Waals surface area (Å²) in [6.07, 6.45) is 0.118. The lowest BCUT2D eigenvalue weighted by Crippen LogP contribution is -2.55. The Morgan fingerprint density at radius 1 is 0.902 bits per heavy atom. The van der Waals surface area contributed by atoms with E-state index in [1.54, 1.807) is 32.0 Å². The molecule has 0 aliphatic heterocycles. The number of carbonyl (C=O) groups excluding carboxylic acids is 2. The third-order valence-corrected chi connectivity index (χ3v) is 8.75. The van der Waals surface area contributed by atoms with Crippen molar-refractivity contribution in [2.75, 3.05) is 24.9 Å². The third-order valence-electron chi connectivity index (χ3n) is 6.23. The van der Waals surface area contributed by atoms with E-state index in [-0.39, 0.29) is 34.7 Å². The van der Waals surface area contributed by atoms with Gasteiger partial charge in [0.25, 0.3) is 0 Å². The number of amides is 2. The van der Waals surface area contributed by atoms with Crippen LogP contribution in [0.5, 0.6) is 0 Å². The molecule has 0 spiro atoms. The van der Waals surface area contributed by atoms with Crippen molar-refractivity contribution in [3.05, 3.63) is 99.8 Å². The van der Waals surface area contributed by atoms with Crippen molar-refractivity contribution in [3.8, 4) is 0 Å². The van der Waals surface area contributed by atoms with Crippen LogP contribution < -0.4 is 9.62 Å². The van der Waals surface area contributed by atoms with Gasteiger partial charge in [-0.2, -0.15) is 12.7 Å². The Balaban J connectivity index is 2.15. The minimum absolute atomic E-state index is 0.118. The van der Waals surface area contributed by atoms with Crippen LogP contribution in [0.25, 0.3) is 0 Å². The predicted octanol–water partition coefficient (Wildman–Crippen LogP) is 4.91. The molecular formula is C29H33Cl2FN4O4S. The molecule has 0 aliphatic rings. The lowest BCUT2D eigenvalue weighted by molar-refractivity contribution is -0.140. The zero-order chi connectivity index (χ0) is 30.3. The summed E-state index contributed by atoms with van der Waals surface area (Å²) < 4.78 is 43.2. The van der Waals surface area contributed by atoms with Crippen molar-refractivity contribution in [1.82, 2.24) is 14.5 Å². The Bertz CT molecular complexity index is 1450. The summed E-state index contributed by atoms with van der Waals surface area (Å²) in [5, 5.41) is 3.39. The van der Waals surface area contributed by atoms with Gasteiger partial charge < -0.3 is 10.2 Å². The Labute approximate surface area is 250 Å². The molecule has 0 radical (unpaired) electrons. The smallest absolute Gasteiger partial charge is 0.304 e. The number of para-hydroxylation sites is 1. The molecule has 2 amide bonds. The van der Waals surface area contributed by atoms with Gasteiger partial charge in [-0.3, -0.25) is 9.59 Å². The predicted molar refractivity (Wildman–Crippen MR) is 161 cm³/mol. The number of halogens is 3. The van der Waals surface area contributed by atoms with Crippen LogP contribution >= 0.6 is 23.2 Å². The molecule has 0 bridgehead atoms. The fourth-order valence-electron chi connectivity index (χ4n) is 4.14. The van der Waals surface area contributed by atoms with Gasteiger partial charge in [-0.25, -0.2) is 8.70 Å². The second-order valence-corrected chi connectivity index (χ2v) is 12.7. The van der Waals surface area contributed by atoms with E-state index in [2.05, 4.69) is 5.32 Å². The van der Waals surface area contributed by atoms with Crippen LogP contribution in [0.1, 0.15) is 25.0 Å². The van der Waals surface area contributed by atoms with Gasteiger partial charge >= 0.3 is 10.2 Å². The van der Waals surface area contributed by atoms with Crippen molar-refractivity contribution in [2.45, 2.75) is 38.9 Å². The molecule has 1 atom stereocenters. The molecule has 0 saturated carbocycles. The van der Waals surface area contributed by atoms with Crippen LogP contribution in [0, 0.1) is 5.82 Å². The first-order chi connectivity index (χ1) is 19.3. The highest BCUT2D eigenvalue weighted by Crippen LogP contribution is 2.28. The first-order valence-electron chi connectivity index (χ1n) is 12.8. The van der Waals surface area contributed by atoms with Gasteiger partial charge in [-0.05, 0) is 43.7 Å². The van der Waals surface area contributed by atoms with Gasteiger partial charge in [-0.15, -0.1) is 0 Å². The fourth-order valence-corrected chi connectivity index (χ4v) is 5.73. The minimum atomic E-state index is -4.33. The lowest BCUT2D eigenvalue weighted by Gasteiger charge is -2.35. The molecule has 3 aromatic rings. The maximum atomic E-state index is 14.9. The van der Waals surface area contributed by atoms with Gasteiger partial charge in [0.15, 0.2) is 0 Å². The van der Waals surface area contributed by atoms with Gasteiger partial charge in [0.1, 0.15) is 18.4 Å². The van der Waals surface area contributed by atoms with E-state index in [0.29, 0.717) is 9.87 Å². The average Bonchev–Trinajstić information content (AvgIpc) is 2.91. The van der Waals surface area contributed by atoms with E-state index < -0.39 is 40.4 Å². The SMILES string of the molecule is CC(C)NC(=O)[C@H](Cc1ccccc1)N(Cc1c(Cl)cccc1Cl)C(=O)CN(c1ccccc1F)S(=O)(=O)N(C)C. The van der Waals surface area contributed by atoms with Crippen molar-refractivity contribution in [2.24, 2.45) is 0 Å². The summed E-state index contributed by atoms with van der Waals surface area (Å²) in [7, 11) is -1.77. The summed E-state index contributed by atoms with van der Waals surface area (Å²) in [6.45, 7) is 2.59. The number of rotatable bonds is 12. The second kappa shape index (κ2) is 14.1. The highest BCUT2D eigenvalue weighted by Gasteiger charge is 2.36. The van der Waals surface area contributed by atoms with E-state index in [1.807, 2.05) is 30.3 Å². The van der Waals surface area contributed by atoms with E-state index >= 15 is 0 Å². The van der Waals surface area contributed by atoms with Crippen molar-refractivity contribution in [3.63, 3.8) is 0 Å². The molecule has 1 N–H and O–H groups in total. The Morgan fingerprint density at radius 2 is 1.49 bits per heavy atom. The highest BCUT2D eigenvalue weighted by molar-refractivity contribution is 7.90. The summed E-state index contributed by atoms with van der Waals surface area (Å²) >= 11 is 12.9. The van der Waals surface area contributed by atoms with E-state index in [0.717, 1.165) is 15.9 Å². The number of anilines is 1. The van der Waals surface area contributed by atoms with E-state index in [4.69, 9.17) is 23.2 Å². The number of nitrogens with zero attached hydrogens (tertiary/aromatic N) is 3. The molecule has 8 nitrogen and oxygen atoms in total. The molecule has 12 heteroatoms. The normalized spacial score (nSPS) is 12.3. The average molecular weight is 624 g/mol.